The first kappa shape index (κ1) is 24.5. The molecule has 0 aliphatic rings. The fourth-order valence-electron chi connectivity index (χ4n) is 3.12. The molecule has 30 heavy (non-hydrogen) atoms. The summed E-state index contributed by atoms with van der Waals surface area (Å²) in [6, 6.07) is 10.4. The molecule has 3 rings (SSSR count). The summed E-state index contributed by atoms with van der Waals surface area (Å²) in [7, 11) is 3.75. The highest BCUT2D eigenvalue weighted by Gasteiger charge is 2.12. The van der Waals surface area contributed by atoms with Crippen LogP contribution in [0.15, 0.2) is 46.9 Å². The van der Waals surface area contributed by atoms with E-state index in [4.69, 9.17) is 9.73 Å². The summed E-state index contributed by atoms with van der Waals surface area (Å²) >= 11 is 1.64. The number of aliphatic imine (C=N–C) groups is 1. The number of guanidine groups is 1. The monoisotopic (exact) mass is 539 g/mol. The first-order chi connectivity index (χ1) is 14.1. The zero-order valence-electron chi connectivity index (χ0n) is 18.0. The van der Waals surface area contributed by atoms with Gasteiger partial charge in [-0.3, -0.25) is 9.98 Å². The van der Waals surface area contributed by atoms with Gasteiger partial charge in [-0.2, -0.15) is 0 Å². The van der Waals surface area contributed by atoms with Crippen molar-refractivity contribution in [1.82, 2.24) is 20.2 Å². The molecule has 2 aromatic heterocycles. The van der Waals surface area contributed by atoms with E-state index in [1.807, 2.05) is 26.2 Å². The maximum atomic E-state index is 5.36. The second-order valence-electron chi connectivity index (χ2n) is 6.89. The molecule has 0 saturated carbocycles. The summed E-state index contributed by atoms with van der Waals surface area (Å²) in [5.41, 5.74) is 3.31. The molecule has 0 aliphatic carbocycles. The van der Waals surface area contributed by atoms with Gasteiger partial charge in [0.2, 0.25) is 0 Å². The lowest BCUT2D eigenvalue weighted by molar-refractivity contribution is 0.119. The summed E-state index contributed by atoms with van der Waals surface area (Å²) in [6.45, 7) is 6.32. The summed E-state index contributed by atoms with van der Waals surface area (Å²) in [4.78, 5) is 16.2. The predicted octanol–water partition coefficient (Wildman–Crippen LogP) is 4.66. The minimum Gasteiger partial charge on any atom is -0.375 e. The number of rotatable bonds is 8. The van der Waals surface area contributed by atoms with Gasteiger partial charge in [-0.05, 0) is 31.9 Å². The van der Waals surface area contributed by atoms with Gasteiger partial charge in [0.1, 0.15) is 11.1 Å². The Bertz CT molecular complexity index is 956. The Labute approximate surface area is 199 Å². The van der Waals surface area contributed by atoms with Crippen molar-refractivity contribution in [3.63, 3.8) is 0 Å². The molecule has 0 fully saturated rings. The van der Waals surface area contributed by atoms with Gasteiger partial charge >= 0.3 is 0 Å². The lowest BCUT2D eigenvalue weighted by atomic mass is 10.1. The number of hydrogen-bond donors (Lipinski definition) is 1. The maximum absolute atomic E-state index is 5.36. The van der Waals surface area contributed by atoms with Gasteiger partial charge in [0.25, 0.3) is 0 Å². The predicted molar refractivity (Wildman–Crippen MR) is 136 cm³/mol. The number of nitrogens with zero attached hydrogens (tertiary/aromatic N) is 4. The molecular formula is C22H30IN5OS. The molecule has 0 amide bonds. The van der Waals surface area contributed by atoms with Crippen LogP contribution in [0.2, 0.25) is 0 Å². The summed E-state index contributed by atoms with van der Waals surface area (Å²) < 4.78 is 5.36. The van der Waals surface area contributed by atoms with Crippen LogP contribution < -0.4 is 5.32 Å². The van der Waals surface area contributed by atoms with Gasteiger partial charge in [-0.1, -0.05) is 24.3 Å². The van der Waals surface area contributed by atoms with Crippen molar-refractivity contribution in [2.45, 2.75) is 32.9 Å². The van der Waals surface area contributed by atoms with Gasteiger partial charge in [0, 0.05) is 44.2 Å². The average Bonchev–Trinajstić information content (AvgIpc) is 3.21. The third-order valence-electron chi connectivity index (χ3n) is 4.73. The first-order valence-electron chi connectivity index (χ1n) is 9.91. The van der Waals surface area contributed by atoms with Crippen LogP contribution in [0.25, 0.3) is 10.9 Å². The van der Waals surface area contributed by atoms with E-state index >= 15 is 0 Å². The second-order valence-corrected chi connectivity index (χ2v) is 7.78. The number of para-hydroxylation sites is 1. The number of nitrogens with one attached hydrogen (secondary N) is 1. The Morgan fingerprint density at radius 2 is 2.10 bits per heavy atom. The molecule has 0 spiro atoms. The average molecular weight is 539 g/mol. The molecule has 8 heteroatoms. The van der Waals surface area contributed by atoms with Crippen LogP contribution in [0.5, 0.6) is 0 Å². The highest BCUT2D eigenvalue weighted by molar-refractivity contribution is 14.0. The smallest absolute Gasteiger partial charge is 0.194 e. The number of fused-ring (bicyclic) bond motifs is 1. The fraction of sp³-hybridized carbons (Fsp3) is 0.409. The number of benzene rings is 1. The molecule has 0 aliphatic heterocycles. The maximum Gasteiger partial charge on any atom is 0.194 e. The van der Waals surface area contributed by atoms with Crippen LogP contribution in [0.1, 0.15) is 36.2 Å². The molecule has 1 aromatic carbocycles. The topological polar surface area (TPSA) is 62.6 Å². The zero-order valence-corrected chi connectivity index (χ0v) is 21.1. The summed E-state index contributed by atoms with van der Waals surface area (Å²) in [5.74, 6) is 0.884. The molecule has 1 N–H and O–H groups in total. The lowest BCUT2D eigenvalue weighted by Gasteiger charge is -2.21. The van der Waals surface area contributed by atoms with Crippen LogP contribution in [0, 0.1) is 0 Å². The molecule has 0 radical (unpaired) electrons. The number of methoxy groups -OCH3 is 1. The van der Waals surface area contributed by atoms with Gasteiger partial charge in [0.15, 0.2) is 5.96 Å². The Hall–Kier alpha value is -1.78. The Morgan fingerprint density at radius 3 is 2.87 bits per heavy atom. The molecule has 0 bridgehead atoms. The third-order valence-corrected chi connectivity index (χ3v) is 5.78. The molecule has 3 aromatic rings. The van der Waals surface area contributed by atoms with Gasteiger partial charge in [-0.15, -0.1) is 35.3 Å². The Morgan fingerprint density at radius 1 is 1.30 bits per heavy atom. The van der Waals surface area contributed by atoms with E-state index in [0.717, 1.165) is 35.1 Å². The van der Waals surface area contributed by atoms with Gasteiger partial charge < -0.3 is 15.0 Å². The van der Waals surface area contributed by atoms with Crippen molar-refractivity contribution in [2.75, 3.05) is 27.2 Å². The summed E-state index contributed by atoms with van der Waals surface area (Å²) in [6.07, 6.45) is 2.72. The van der Waals surface area contributed by atoms with Crippen LogP contribution in [0.3, 0.4) is 0 Å². The third kappa shape index (κ3) is 6.36. The van der Waals surface area contributed by atoms with Crippen molar-refractivity contribution in [3.05, 3.63) is 58.2 Å². The van der Waals surface area contributed by atoms with Gasteiger partial charge in [0.05, 0.1) is 17.8 Å². The number of halogens is 1. The van der Waals surface area contributed by atoms with Crippen molar-refractivity contribution < 1.29 is 4.74 Å². The van der Waals surface area contributed by atoms with E-state index < -0.39 is 0 Å². The molecule has 162 valence electrons. The molecule has 1 unspecified atom stereocenters. The molecule has 2 heterocycles. The normalized spacial score (nSPS) is 12.5. The first-order valence-corrected chi connectivity index (χ1v) is 10.8. The fourth-order valence-corrected chi connectivity index (χ4v) is 3.96. The van der Waals surface area contributed by atoms with Crippen molar-refractivity contribution >= 4 is 52.2 Å². The molecule has 1 atom stereocenters. The summed E-state index contributed by atoms with van der Waals surface area (Å²) in [5, 5.41) is 7.64. The highest BCUT2D eigenvalue weighted by Crippen LogP contribution is 2.21. The lowest BCUT2D eigenvalue weighted by Crippen LogP contribution is -2.38. The highest BCUT2D eigenvalue weighted by atomic mass is 127. The second kappa shape index (κ2) is 12.2. The van der Waals surface area contributed by atoms with E-state index in [9.17, 15) is 0 Å². The van der Waals surface area contributed by atoms with Crippen LogP contribution >= 0.6 is 35.3 Å². The van der Waals surface area contributed by atoms with Crippen molar-refractivity contribution in [2.24, 2.45) is 4.99 Å². The largest absolute Gasteiger partial charge is 0.375 e. The van der Waals surface area contributed by atoms with E-state index in [2.05, 4.69) is 56.8 Å². The van der Waals surface area contributed by atoms with Crippen LogP contribution in [0.4, 0.5) is 0 Å². The quantitative estimate of drug-likeness (QED) is 0.257. The van der Waals surface area contributed by atoms with E-state index in [0.29, 0.717) is 13.1 Å². The van der Waals surface area contributed by atoms with Crippen molar-refractivity contribution in [1.29, 1.82) is 0 Å². The SMILES string of the molecule is CCNC(=NCCc1cccc2cccnc12)N(C)Cc1csc(C(C)OC)n1.I. The minimum atomic E-state index is 0. The van der Waals surface area contributed by atoms with E-state index in [1.54, 1.807) is 18.4 Å². The number of pyridine rings is 1. The number of thiazole rings is 1. The zero-order chi connectivity index (χ0) is 20.6. The number of aromatic nitrogens is 2. The van der Waals surface area contributed by atoms with Gasteiger partial charge in [-0.25, -0.2) is 4.98 Å². The standard InChI is InChI=1S/C22H29N5OS.HI/c1-5-23-22(27(3)14-19-15-29-21(26-19)16(2)28-4)25-13-11-18-9-6-8-17-10-7-12-24-20(17)18;/h6-10,12,15-16H,5,11,13-14H2,1-4H3,(H,23,25);1H. The molecule has 0 saturated heterocycles. The van der Waals surface area contributed by atoms with Crippen molar-refractivity contribution in [3.8, 4) is 0 Å². The minimum absolute atomic E-state index is 0. The molecule has 6 nitrogen and oxygen atoms in total. The Balaban J connectivity index is 0.00000320. The van der Waals surface area contributed by atoms with Crippen LogP contribution in [-0.2, 0) is 17.7 Å². The van der Waals surface area contributed by atoms with E-state index in [-0.39, 0.29) is 30.1 Å². The Kier molecular flexibility index (Phi) is 9.93. The molecular weight excluding hydrogens is 509 g/mol. The van der Waals surface area contributed by atoms with Crippen LogP contribution in [-0.4, -0.2) is 48.1 Å². The number of hydrogen-bond acceptors (Lipinski definition) is 5. The van der Waals surface area contributed by atoms with E-state index in [1.165, 1.54) is 10.9 Å². The number of ether oxygens (including phenoxy) is 1.